The zero-order valence-electron chi connectivity index (χ0n) is 18.1. The fraction of sp³-hybridized carbons (Fsp3) is 0.125. The number of amides is 2. The van der Waals surface area contributed by atoms with Crippen molar-refractivity contribution < 1.29 is 14.5 Å². The summed E-state index contributed by atoms with van der Waals surface area (Å²) in [7, 11) is 0. The molecule has 0 saturated carbocycles. The van der Waals surface area contributed by atoms with Crippen molar-refractivity contribution in [1.29, 1.82) is 0 Å². The number of hydrogen-bond donors (Lipinski definition) is 2. The molecule has 0 aliphatic heterocycles. The molecule has 0 radical (unpaired) electrons. The molecule has 8 nitrogen and oxygen atoms in total. The molecule has 2 amide bonds. The van der Waals surface area contributed by atoms with Gasteiger partial charge in [0.1, 0.15) is 0 Å². The van der Waals surface area contributed by atoms with Gasteiger partial charge in [0.05, 0.1) is 20.4 Å². The molecule has 1 heterocycles. The maximum absolute atomic E-state index is 12.8. The van der Waals surface area contributed by atoms with Crippen LogP contribution in [0.15, 0.2) is 77.1 Å². The van der Waals surface area contributed by atoms with Gasteiger partial charge in [0, 0.05) is 29.1 Å². The van der Waals surface area contributed by atoms with E-state index in [4.69, 9.17) is 0 Å². The summed E-state index contributed by atoms with van der Waals surface area (Å²) in [6.45, 7) is 1.90. The monoisotopic (exact) mass is 492 g/mol. The summed E-state index contributed by atoms with van der Waals surface area (Å²) in [5.74, 6) is -0.439. The van der Waals surface area contributed by atoms with Crippen LogP contribution in [-0.4, -0.2) is 27.0 Å². The van der Waals surface area contributed by atoms with Gasteiger partial charge in [0.2, 0.25) is 5.91 Å². The summed E-state index contributed by atoms with van der Waals surface area (Å²) in [5, 5.41) is 16.2. The molecule has 0 aliphatic carbocycles. The molecule has 10 heteroatoms. The standard InChI is InChI=1S/C24H20N4O4S2/c1-2-20(23(30)26-16-9-6-10-18(13-16)28(31)32)33-24-27-19-12-11-17(14-21(19)34-24)25-22(29)15-7-4-3-5-8-15/h3-14,20H,2H2,1H3,(H,25,29)(H,26,30). The first-order valence-corrected chi connectivity index (χ1v) is 12.1. The fourth-order valence-corrected chi connectivity index (χ4v) is 5.46. The van der Waals surface area contributed by atoms with Crippen LogP contribution in [-0.2, 0) is 4.79 Å². The van der Waals surface area contributed by atoms with Crippen molar-refractivity contribution in [2.24, 2.45) is 0 Å². The third-order valence-electron chi connectivity index (χ3n) is 4.89. The van der Waals surface area contributed by atoms with Crippen LogP contribution in [0.5, 0.6) is 0 Å². The summed E-state index contributed by atoms with van der Waals surface area (Å²) >= 11 is 2.78. The van der Waals surface area contributed by atoms with E-state index in [-0.39, 0.29) is 17.5 Å². The van der Waals surface area contributed by atoms with Crippen molar-refractivity contribution in [2.75, 3.05) is 10.6 Å². The Morgan fingerprint density at radius 3 is 2.53 bits per heavy atom. The normalized spacial score (nSPS) is 11.7. The molecule has 0 bridgehead atoms. The van der Waals surface area contributed by atoms with Crippen LogP contribution in [0, 0.1) is 10.1 Å². The number of non-ortho nitro benzene ring substituents is 1. The van der Waals surface area contributed by atoms with Crippen molar-refractivity contribution in [2.45, 2.75) is 22.9 Å². The first-order valence-electron chi connectivity index (χ1n) is 10.4. The number of nitro groups is 1. The number of hydrogen-bond acceptors (Lipinski definition) is 7. The molecule has 4 aromatic rings. The smallest absolute Gasteiger partial charge is 0.271 e. The van der Waals surface area contributed by atoms with Crippen LogP contribution in [0.2, 0.25) is 0 Å². The topological polar surface area (TPSA) is 114 Å². The molecule has 1 atom stereocenters. The number of aromatic nitrogens is 1. The largest absolute Gasteiger partial charge is 0.325 e. The van der Waals surface area contributed by atoms with Gasteiger partial charge < -0.3 is 10.6 Å². The van der Waals surface area contributed by atoms with Gasteiger partial charge >= 0.3 is 0 Å². The van der Waals surface area contributed by atoms with Crippen LogP contribution in [0.4, 0.5) is 17.1 Å². The number of thiazole rings is 1. The minimum Gasteiger partial charge on any atom is -0.325 e. The third kappa shape index (κ3) is 5.59. The summed E-state index contributed by atoms with van der Waals surface area (Å²) < 4.78 is 1.62. The second-order valence-corrected chi connectivity index (χ2v) is 9.77. The number of fused-ring (bicyclic) bond motifs is 1. The predicted octanol–water partition coefficient (Wildman–Crippen LogP) is 5.97. The Bertz CT molecular complexity index is 1360. The van der Waals surface area contributed by atoms with E-state index < -0.39 is 10.2 Å². The van der Waals surface area contributed by atoms with Gasteiger partial charge in [-0.2, -0.15) is 0 Å². The third-order valence-corrected chi connectivity index (χ3v) is 7.37. The van der Waals surface area contributed by atoms with Gasteiger partial charge in [-0.15, -0.1) is 11.3 Å². The maximum Gasteiger partial charge on any atom is 0.271 e. The van der Waals surface area contributed by atoms with Gasteiger partial charge in [-0.25, -0.2) is 4.98 Å². The summed E-state index contributed by atoms with van der Waals surface area (Å²) in [6, 6.07) is 20.3. The minimum absolute atomic E-state index is 0.0835. The SMILES string of the molecule is CCC(Sc1nc2ccc(NC(=O)c3ccccc3)cc2s1)C(=O)Nc1cccc([N+](=O)[O-])c1. The predicted molar refractivity (Wildman–Crippen MR) is 136 cm³/mol. The van der Waals surface area contributed by atoms with E-state index in [1.165, 1.54) is 41.3 Å². The Morgan fingerprint density at radius 2 is 1.79 bits per heavy atom. The minimum atomic E-state index is -0.501. The Kier molecular flexibility index (Phi) is 7.19. The van der Waals surface area contributed by atoms with Crippen molar-refractivity contribution in [3.8, 4) is 0 Å². The molecule has 0 aliphatic rings. The number of benzene rings is 3. The molecule has 1 aromatic heterocycles. The number of carbonyl (C=O) groups excluding carboxylic acids is 2. The Morgan fingerprint density at radius 1 is 1.03 bits per heavy atom. The van der Waals surface area contributed by atoms with Crippen LogP contribution in [0.25, 0.3) is 10.2 Å². The summed E-state index contributed by atoms with van der Waals surface area (Å²) in [6.07, 6.45) is 0.555. The lowest BCUT2D eigenvalue weighted by atomic mass is 10.2. The number of carbonyl (C=O) groups is 2. The van der Waals surface area contributed by atoms with Crippen LogP contribution in [0.1, 0.15) is 23.7 Å². The molecule has 2 N–H and O–H groups in total. The molecule has 0 spiro atoms. The molecule has 172 valence electrons. The van der Waals surface area contributed by atoms with E-state index in [0.29, 0.717) is 23.4 Å². The Hall–Kier alpha value is -3.76. The molecule has 34 heavy (non-hydrogen) atoms. The highest BCUT2D eigenvalue weighted by molar-refractivity contribution is 8.02. The number of nitrogens with one attached hydrogen (secondary N) is 2. The lowest BCUT2D eigenvalue weighted by Gasteiger charge is -2.13. The second-order valence-electron chi connectivity index (χ2n) is 7.29. The lowest BCUT2D eigenvalue weighted by molar-refractivity contribution is -0.384. The first kappa shape index (κ1) is 23.4. The second kappa shape index (κ2) is 10.4. The molecule has 3 aromatic carbocycles. The lowest BCUT2D eigenvalue weighted by Crippen LogP contribution is -2.24. The molecular weight excluding hydrogens is 472 g/mol. The Balaban J connectivity index is 1.45. The average Bonchev–Trinajstić information content (AvgIpc) is 3.25. The van der Waals surface area contributed by atoms with Gasteiger partial charge in [0.25, 0.3) is 11.6 Å². The highest BCUT2D eigenvalue weighted by Gasteiger charge is 2.21. The van der Waals surface area contributed by atoms with Crippen molar-refractivity contribution in [3.63, 3.8) is 0 Å². The first-order chi connectivity index (χ1) is 16.4. The van der Waals surface area contributed by atoms with Gasteiger partial charge in [0.15, 0.2) is 4.34 Å². The number of nitrogens with zero attached hydrogens (tertiary/aromatic N) is 2. The van der Waals surface area contributed by atoms with E-state index in [1.807, 2.05) is 37.3 Å². The molecule has 0 fully saturated rings. The van der Waals surface area contributed by atoms with E-state index in [0.717, 1.165) is 14.6 Å². The summed E-state index contributed by atoms with van der Waals surface area (Å²) in [4.78, 5) is 40.3. The van der Waals surface area contributed by atoms with E-state index >= 15 is 0 Å². The molecular formula is C24H20N4O4S2. The van der Waals surface area contributed by atoms with Crippen molar-refractivity contribution in [3.05, 3.63) is 88.5 Å². The zero-order chi connectivity index (χ0) is 24.1. The molecule has 4 rings (SSSR count). The fourth-order valence-electron chi connectivity index (χ4n) is 3.19. The average molecular weight is 493 g/mol. The number of rotatable bonds is 8. The zero-order valence-corrected chi connectivity index (χ0v) is 19.7. The van der Waals surface area contributed by atoms with E-state index in [9.17, 15) is 19.7 Å². The maximum atomic E-state index is 12.8. The van der Waals surface area contributed by atoms with E-state index in [2.05, 4.69) is 15.6 Å². The van der Waals surface area contributed by atoms with Crippen LogP contribution >= 0.6 is 23.1 Å². The highest BCUT2D eigenvalue weighted by atomic mass is 32.2. The van der Waals surface area contributed by atoms with E-state index in [1.54, 1.807) is 24.3 Å². The number of anilines is 2. The molecule has 0 saturated heterocycles. The number of nitro benzene ring substituents is 1. The van der Waals surface area contributed by atoms with Crippen molar-refractivity contribution >= 4 is 62.2 Å². The van der Waals surface area contributed by atoms with Crippen LogP contribution in [0.3, 0.4) is 0 Å². The van der Waals surface area contributed by atoms with Gasteiger partial charge in [-0.1, -0.05) is 43.0 Å². The quantitative estimate of drug-likeness (QED) is 0.178. The van der Waals surface area contributed by atoms with Crippen LogP contribution < -0.4 is 10.6 Å². The summed E-state index contributed by atoms with van der Waals surface area (Å²) in [5.41, 5.74) is 2.31. The van der Waals surface area contributed by atoms with Gasteiger partial charge in [-0.05, 0) is 42.8 Å². The molecule has 1 unspecified atom stereocenters. The number of thioether (sulfide) groups is 1. The highest BCUT2D eigenvalue weighted by Crippen LogP contribution is 2.35. The van der Waals surface area contributed by atoms with Gasteiger partial charge in [-0.3, -0.25) is 19.7 Å². The van der Waals surface area contributed by atoms with Crippen molar-refractivity contribution in [1.82, 2.24) is 4.98 Å². The Labute approximate surface area is 203 Å².